The van der Waals surface area contributed by atoms with Gasteiger partial charge >= 0.3 is 0 Å². The molecular formula is C20H21F2N3O3. The second-order valence-electron chi connectivity index (χ2n) is 7.11. The molecule has 1 aromatic carbocycles. The third-order valence-corrected chi connectivity index (χ3v) is 5.39. The number of hydrogen-bond acceptors (Lipinski definition) is 5. The molecule has 1 fully saturated rings. The van der Waals surface area contributed by atoms with Crippen molar-refractivity contribution in [3.63, 3.8) is 0 Å². The van der Waals surface area contributed by atoms with Gasteiger partial charge in [-0.05, 0) is 30.7 Å². The van der Waals surface area contributed by atoms with Crippen molar-refractivity contribution in [2.45, 2.75) is 44.2 Å². The third-order valence-electron chi connectivity index (χ3n) is 5.39. The lowest BCUT2D eigenvalue weighted by molar-refractivity contribution is -0.0166. The molecule has 2 aromatic heterocycles. The summed E-state index contributed by atoms with van der Waals surface area (Å²) < 4.78 is 34.6. The maximum absolute atomic E-state index is 13.6. The van der Waals surface area contributed by atoms with Crippen LogP contribution in [-0.2, 0) is 6.54 Å². The number of benzene rings is 1. The molecule has 0 saturated heterocycles. The van der Waals surface area contributed by atoms with Gasteiger partial charge in [0.15, 0.2) is 11.6 Å². The summed E-state index contributed by atoms with van der Waals surface area (Å²) in [5.74, 6) is -2.02. The fraction of sp³-hybridized carbons (Fsp3) is 0.350. The van der Waals surface area contributed by atoms with Crippen molar-refractivity contribution < 1.29 is 23.7 Å². The van der Waals surface area contributed by atoms with Crippen LogP contribution >= 0.6 is 0 Å². The van der Waals surface area contributed by atoms with Gasteiger partial charge in [0, 0.05) is 42.4 Å². The van der Waals surface area contributed by atoms with Crippen molar-refractivity contribution >= 4 is 11.0 Å². The van der Waals surface area contributed by atoms with E-state index >= 15 is 0 Å². The van der Waals surface area contributed by atoms with Crippen LogP contribution in [0.5, 0.6) is 5.75 Å². The smallest absolute Gasteiger partial charge is 0.162 e. The first kappa shape index (κ1) is 18.8. The van der Waals surface area contributed by atoms with E-state index in [0.717, 1.165) is 23.1 Å². The molecule has 0 radical (unpaired) electrons. The Labute approximate surface area is 160 Å². The van der Waals surface area contributed by atoms with Crippen molar-refractivity contribution in [2.24, 2.45) is 5.73 Å². The Morgan fingerprint density at radius 2 is 1.96 bits per heavy atom. The van der Waals surface area contributed by atoms with Gasteiger partial charge in [0.05, 0.1) is 6.04 Å². The highest BCUT2D eigenvalue weighted by molar-refractivity contribution is 5.79. The standard InChI is InChI=1S/C20H21F2N3O3/c1-10-2-4-24-20-12(10)3-5-25(20)15-8-17(19(27)18(15)26)28-16-7-14(22)13(21)6-11(16)9-23/h2-7,15,17-19,26-27H,8-9,23H2,1H3/t15?,17?,18-,19+/m0/s1. The highest BCUT2D eigenvalue weighted by atomic mass is 19.2. The monoisotopic (exact) mass is 389 g/mol. The Balaban J connectivity index is 1.63. The van der Waals surface area contributed by atoms with Gasteiger partial charge in [-0.2, -0.15) is 0 Å². The van der Waals surface area contributed by atoms with Gasteiger partial charge in [-0.15, -0.1) is 0 Å². The van der Waals surface area contributed by atoms with Crippen molar-refractivity contribution in [3.8, 4) is 5.75 Å². The quantitative estimate of drug-likeness (QED) is 0.636. The number of hydrogen-bond donors (Lipinski definition) is 3. The predicted octanol–water partition coefficient (Wildman–Crippen LogP) is 2.20. The predicted molar refractivity (Wildman–Crippen MR) is 98.8 cm³/mol. The van der Waals surface area contributed by atoms with Gasteiger partial charge in [-0.3, -0.25) is 0 Å². The summed E-state index contributed by atoms with van der Waals surface area (Å²) >= 11 is 0. The zero-order chi connectivity index (χ0) is 20.0. The highest BCUT2D eigenvalue weighted by Gasteiger charge is 2.44. The number of aliphatic hydroxyl groups is 2. The van der Waals surface area contributed by atoms with Crippen LogP contribution in [0, 0.1) is 18.6 Å². The topological polar surface area (TPSA) is 93.5 Å². The van der Waals surface area contributed by atoms with Crippen molar-refractivity contribution in [1.29, 1.82) is 0 Å². The first-order valence-corrected chi connectivity index (χ1v) is 9.03. The summed E-state index contributed by atoms with van der Waals surface area (Å²) in [5, 5.41) is 22.0. The molecule has 0 aliphatic heterocycles. The van der Waals surface area contributed by atoms with Gasteiger partial charge in [-0.1, -0.05) is 0 Å². The lowest BCUT2D eigenvalue weighted by Gasteiger charge is -2.20. The normalized spacial score (nSPS) is 24.8. The summed E-state index contributed by atoms with van der Waals surface area (Å²) in [5.41, 5.74) is 7.63. The number of nitrogens with two attached hydrogens (primary N) is 1. The summed E-state index contributed by atoms with van der Waals surface area (Å²) in [4.78, 5) is 4.39. The summed E-state index contributed by atoms with van der Waals surface area (Å²) in [7, 11) is 0. The second-order valence-corrected chi connectivity index (χ2v) is 7.11. The van der Waals surface area contributed by atoms with Gasteiger partial charge in [0.1, 0.15) is 29.7 Å². The third kappa shape index (κ3) is 3.03. The number of fused-ring (bicyclic) bond motifs is 1. The number of rotatable bonds is 4. The molecule has 2 heterocycles. The van der Waals surface area contributed by atoms with Crippen LogP contribution in [0.1, 0.15) is 23.6 Å². The molecule has 148 valence electrons. The fourth-order valence-corrected chi connectivity index (χ4v) is 3.82. The Bertz CT molecular complexity index is 1020. The van der Waals surface area contributed by atoms with Crippen LogP contribution in [0.3, 0.4) is 0 Å². The van der Waals surface area contributed by atoms with Gasteiger partial charge in [0.2, 0.25) is 0 Å². The second kappa shape index (κ2) is 7.12. The molecule has 6 nitrogen and oxygen atoms in total. The number of aliphatic hydroxyl groups excluding tert-OH is 2. The maximum Gasteiger partial charge on any atom is 0.162 e. The minimum absolute atomic E-state index is 0.0488. The number of nitrogens with zero attached hydrogens (tertiary/aromatic N) is 2. The van der Waals surface area contributed by atoms with E-state index in [9.17, 15) is 19.0 Å². The molecule has 1 aliphatic rings. The van der Waals surface area contributed by atoms with Gasteiger partial charge < -0.3 is 25.3 Å². The van der Waals surface area contributed by atoms with E-state index in [1.54, 1.807) is 6.20 Å². The first-order chi connectivity index (χ1) is 13.4. The fourth-order valence-electron chi connectivity index (χ4n) is 3.82. The van der Waals surface area contributed by atoms with E-state index in [1.165, 1.54) is 0 Å². The molecule has 0 bridgehead atoms. The Hall–Kier alpha value is -2.55. The van der Waals surface area contributed by atoms with E-state index in [-0.39, 0.29) is 24.3 Å². The molecule has 4 atom stereocenters. The molecule has 3 aromatic rings. The van der Waals surface area contributed by atoms with Gasteiger partial charge in [-0.25, -0.2) is 13.8 Å². The SMILES string of the molecule is Cc1ccnc2c1ccn2C1CC(Oc2cc(F)c(F)cc2CN)[C@@H](O)[C@H]1O. The van der Waals surface area contributed by atoms with E-state index in [0.29, 0.717) is 5.65 Å². The average Bonchev–Trinajstić information content (AvgIpc) is 3.22. The Morgan fingerprint density at radius 1 is 1.21 bits per heavy atom. The summed E-state index contributed by atoms with van der Waals surface area (Å²) in [6.45, 7) is 1.92. The number of pyridine rings is 1. The van der Waals surface area contributed by atoms with Crippen LogP contribution in [0.25, 0.3) is 11.0 Å². The van der Waals surface area contributed by atoms with E-state index in [4.69, 9.17) is 10.5 Å². The minimum atomic E-state index is -1.20. The van der Waals surface area contributed by atoms with Crippen molar-refractivity contribution in [1.82, 2.24) is 9.55 Å². The van der Waals surface area contributed by atoms with E-state index in [1.807, 2.05) is 29.8 Å². The molecule has 4 rings (SSSR count). The zero-order valence-electron chi connectivity index (χ0n) is 15.2. The molecule has 1 saturated carbocycles. The Morgan fingerprint density at radius 3 is 2.71 bits per heavy atom. The maximum atomic E-state index is 13.6. The van der Waals surface area contributed by atoms with Crippen LogP contribution < -0.4 is 10.5 Å². The van der Waals surface area contributed by atoms with Crippen LogP contribution in [0.15, 0.2) is 36.7 Å². The molecule has 0 amide bonds. The lowest BCUT2D eigenvalue weighted by Crippen LogP contribution is -2.34. The van der Waals surface area contributed by atoms with Crippen molar-refractivity contribution in [2.75, 3.05) is 0 Å². The minimum Gasteiger partial charge on any atom is -0.487 e. The molecule has 1 aliphatic carbocycles. The van der Waals surface area contributed by atoms with E-state index < -0.39 is 36.0 Å². The average molecular weight is 389 g/mol. The Kier molecular flexibility index (Phi) is 4.78. The molecule has 8 heteroatoms. The van der Waals surface area contributed by atoms with Crippen LogP contribution in [0.2, 0.25) is 0 Å². The number of halogens is 2. The van der Waals surface area contributed by atoms with E-state index in [2.05, 4.69) is 4.98 Å². The molecular weight excluding hydrogens is 368 g/mol. The molecule has 28 heavy (non-hydrogen) atoms. The first-order valence-electron chi connectivity index (χ1n) is 9.03. The van der Waals surface area contributed by atoms with Crippen molar-refractivity contribution in [3.05, 3.63) is 59.4 Å². The van der Waals surface area contributed by atoms with Crippen LogP contribution in [0.4, 0.5) is 8.78 Å². The lowest BCUT2D eigenvalue weighted by atomic mass is 10.1. The number of ether oxygens (including phenoxy) is 1. The number of aromatic nitrogens is 2. The molecule has 0 spiro atoms. The largest absolute Gasteiger partial charge is 0.487 e. The molecule has 4 N–H and O–H groups in total. The highest BCUT2D eigenvalue weighted by Crippen LogP contribution is 2.37. The van der Waals surface area contributed by atoms with Gasteiger partial charge in [0.25, 0.3) is 0 Å². The summed E-state index contributed by atoms with van der Waals surface area (Å²) in [6, 6.07) is 5.23. The summed E-state index contributed by atoms with van der Waals surface area (Å²) in [6.07, 6.45) is 0.661. The number of aryl methyl sites for hydroxylation is 1. The molecule has 2 unspecified atom stereocenters. The zero-order valence-corrected chi connectivity index (χ0v) is 15.2. The van der Waals surface area contributed by atoms with Crippen LogP contribution in [-0.4, -0.2) is 38.1 Å².